The number of amides is 2. The predicted octanol–water partition coefficient (Wildman–Crippen LogP) is 5.44. The third-order valence-corrected chi connectivity index (χ3v) is 14.4. The van der Waals surface area contributed by atoms with Crippen molar-refractivity contribution < 1.29 is 19.2 Å². The number of piperidine rings is 1. The summed E-state index contributed by atoms with van der Waals surface area (Å²) in [6.07, 6.45) is 13.3. The number of aliphatic hydroxyl groups is 1. The molecule has 8 heterocycles. The number of rotatable bonds is 10. The van der Waals surface area contributed by atoms with Gasteiger partial charge in [0.1, 0.15) is 16.7 Å². The third-order valence-electron chi connectivity index (χ3n) is 14.4. The van der Waals surface area contributed by atoms with Crippen molar-refractivity contribution in [1.29, 1.82) is 0 Å². The maximum atomic E-state index is 13.6. The van der Waals surface area contributed by atoms with Crippen LogP contribution in [0, 0.1) is 5.92 Å². The summed E-state index contributed by atoms with van der Waals surface area (Å²) in [4.78, 5) is 62.2. The number of carbonyl (C=O) groups is 2. The lowest BCUT2D eigenvalue weighted by molar-refractivity contribution is -0.134. The number of nitrogens with zero attached hydrogens (tertiary/aromatic N) is 9. The summed E-state index contributed by atoms with van der Waals surface area (Å²) in [6.45, 7) is 10.6. The molecular weight excluding hydrogens is 799 g/mol. The van der Waals surface area contributed by atoms with Gasteiger partial charge in [-0.15, -0.1) is 6.58 Å². The van der Waals surface area contributed by atoms with E-state index >= 15 is 0 Å². The minimum Gasteiger partial charge on any atom is -0.384 e. The van der Waals surface area contributed by atoms with Crippen molar-refractivity contribution in [1.82, 2.24) is 49.6 Å². The van der Waals surface area contributed by atoms with Gasteiger partial charge in [-0.1, -0.05) is 30.3 Å². The van der Waals surface area contributed by atoms with Crippen molar-refractivity contribution in [3.05, 3.63) is 105 Å². The second-order valence-corrected chi connectivity index (χ2v) is 18.2. The number of anilines is 2. The van der Waals surface area contributed by atoms with Crippen LogP contribution in [-0.2, 0) is 54.2 Å². The topological polar surface area (TPSA) is 189 Å². The molecule has 16 heteroatoms. The molecule has 3 N–H and O–H groups in total. The first-order chi connectivity index (χ1) is 30.7. The van der Waals surface area contributed by atoms with Gasteiger partial charge in [0, 0.05) is 62.3 Å². The molecule has 1 unspecified atom stereocenters. The van der Waals surface area contributed by atoms with Crippen LogP contribution in [-0.4, -0.2) is 80.3 Å². The molecule has 2 aliphatic carbocycles. The molecule has 1 saturated heterocycles. The fourth-order valence-corrected chi connectivity index (χ4v) is 10.9. The van der Waals surface area contributed by atoms with E-state index < -0.39 is 11.5 Å². The molecule has 2 amide bonds. The molecule has 1 aromatic carbocycles. The molecule has 0 radical (unpaired) electrons. The zero-order valence-electron chi connectivity index (χ0n) is 35.5. The minimum atomic E-state index is -0.997. The Labute approximate surface area is 363 Å². The number of hydrogen-bond donors (Lipinski definition) is 3. The van der Waals surface area contributed by atoms with Gasteiger partial charge in [0.2, 0.25) is 17.8 Å². The van der Waals surface area contributed by atoms with E-state index in [9.17, 15) is 19.5 Å². The SMILES string of the molecule is C=CCn1c(=O)c2cnc(Nc3cnc4c(c3)CCN(C[C@H]3CC[C@@H](N5Cc6ccc7c(C8CCC(=O)NC8=O)noc7c6C5)CC3)C4)nc2n1-c1ccc2c(n1)[C@@](O)(CC)CC2. The lowest BCUT2D eigenvalue weighted by Gasteiger charge is -2.37. The van der Waals surface area contributed by atoms with E-state index in [2.05, 4.69) is 49.3 Å². The van der Waals surface area contributed by atoms with Gasteiger partial charge in [-0.25, -0.2) is 19.3 Å². The summed E-state index contributed by atoms with van der Waals surface area (Å²) in [5, 5.41) is 22.7. The highest BCUT2D eigenvalue weighted by Crippen LogP contribution is 2.41. The van der Waals surface area contributed by atoms with E-state index in [4.69, 9.17) is 19.5 Å². The summed E-state index contributed by atoms with van der Waals surface area (Å²) in [6, 6.07) is 10.7. The molecule has 16 nitrogen and oxygen atoms in total. The van der Waals surface area contributed by atoms with Crippen LogP contribution in [0.5, 0.6) is 0 Å². The Bertz CT molecular complexity index is 2890. The molecule has 0 spiro atoms. The summed E-state index contributed by atoms with van der Waals surface area (Å²) >= 11 is 0. The lowest BCUT2D eigenvalue weighted by Crippen LogP contribution is -2.39. The summed E-state index contributed by atoms with van der Waals surface area (Å²) in [7, 11) is 0. The number of aromatic nitrogens is 7. The number of imide groups is 1. The van der Waals surface area contributed by atoms with Crippen molar-refractivity contribution in [3.8, 4) is 5.82 Å². The molecule has 3 aliphatic heterocycles. The van der Waals surface area contributed by atoms with Gasteiger partial charge >= 0.3 is 0 Å². The summed E-state index contributed by atoms with van der Waals surface area (Å²) in [5.74, 6) is 0.499. The predicted molar refractivity (Wildman–Crippen MR) is 234 cm³/mol. The van der Waals surface area contributed by atoms with Crippen LogP contribution in [0.15, 0.2) is 64.7 Å². The highest BCUT2D eigenvalue weighted by Gasteiger charge is 2.38. The molecule has 5 aromatic heterocycles. The van der Waals surface area contributed by atoms with E-state index in [-0.39, 0.29) is 23.9 Å². The number of allylic oxidation sites excluding steroid dienone is 1. The van der Waals surface area contributed by atoms with Gasteiger partial charge < -0.3 is 14.9 Å². The van der Waals surface area contributed by atoms with Gasteiger partial charge in [-0.3, -0.25) is 34.5 Å². The first-order valence-corrected chi connectivity index (χ1v) is 22.4. The number of pyridine rings is 2. The zero-order valence-corrected chi connectivity index (χ0v) is 35.5. The highest BCUT2D eigenvalue weighted by atomic mass is 16.5. The van der Waals surface area contributed by atoms with Crippen LogP contribution in [0.25, 0.3) is 27.8 Å². The lowest BCUT2D eigenvalue weighted by atomic mass is 9.84. The van der Waals surface area contributed by atoms with E-state index in [0.717, 1.165) is 86.3 Å². The number of fused-ring (bicyclic) bond motifs is 6. The second kappa shape index (κ2) is 15.6. The first-order valence-electron chi connectivity index (χ1n) is 22.4. The van der Waals surface area contributed by atoms with Crippen LogP contribution < -0.4 is 16.2 Å². The molecule has 6 aromatic rings. The molecule has 324 valence electrons. The van der Waals surface area contributed by atoms with Gasteiger partial charge in [0.25, 0.3) is 5.56 Å². The fraction of sp³-hybridized carbons (Fsp3) is 0.447. The third kappa shape index (κ3) is 6.95. The number of carbonyl (C=O) groups excluding carboxylic acids is 2. The molecular formula is C47H51N11O5. The number of hydrogen-bond acceptors (Lipinski definition) is 13. The van der Waals surface area contributed by atoms with Crippen LogP contribution in [0.3, 0.4) is 0 Å². The van der Waals surface area contributed by atoms with Crippen molar-refractivity contribution >= 4 is 45.5 Å². The Hall–Kier alpha value is -6.10. The first kappa shape index (κ1) is 39.7. The van der Waals surface area contributed by atoms with Crippen molar-refractivity contribution in [3.63, 3.8) is 0 Å². The summed E-state index contributed by atoms with van der Waals surface area (Å²) < 4.78 is 9.15. The fourth-order valence-electron chi connectivity index (χ4n) is 10.9. The minimum absolute atomic E-state index is 0.232. The number of aryl methyl sites for hydroxylation is 1. The quantitative estimate of drug-likeness (QED) is 0.117. The maximum absolute atomic E-state index is 13.6. The average molecular weight is 850 g/mol. The smallest absolute Gasteiger partial charge is 0.278 e. The Kier molecular flexibility index (Phi) is 9.84. The molecule has 5 aliphatic rings. The van der Waals surface area contributed by atoms with Crippen molar-refractivity contribution in [2.75, 3.05) is 18.4 Å². The maximum Gasteiger partial charge on any atom is 0.278 e. The Morgan fingerprint density at radius 1 is 0.952 bits per heavy atom. The van der Waals surface area contributed by atoms with E-state index in [1.165, 1.54) is 29.5 Å². The number of benzene rings is 1. The van der Waals surface area contributed by atoms with Gasteiger partial charge in [-0.05, 0) is 98.6 Å². The van der Waals surface area contributed by atoms with Crippen LogP contribution in [0.2, 0.25) is 0 Å². The van der Waals surface area contributed by atoms with Gasteiger partial charge in [-0.2, -0.15) is 4.98 Å². The Morgan fingerprint density at radius 2 is 1.81 bits per heavy atom. The van der Waals surface area contributed by atoms with Crippen LogP contribution in [0.4, 0.5) is 11.6 Å². The molecule has 2 atom stereocenters. The van der Waals surface area contributed by atoms with E-state index in [1.54, 1.807) is 21.6 Å². The average Bonchev–Trinajstić information content (AvgIpc) is 4.07. The number of nitrogens with one attached hydrogen (secondary N) is 2. The van der Waals surface area contributed by atoms with Gasteiger partial charge in [0.05, 0.1) is 35.7 Å². The van der Waals surface area contributed by atoms with Crippen molar-refractivity contribution in [2.24, 2.45) is 5.92 Å². The monoisotopic (exact) mass is 849 g/mol. The molecule has 2 fully saturated rings. The molecule has 1 saturated carbocycles. The second-order valence-electron chi connectivity index (χ2n) is 18.2. The molecule has 11 rings (SSSR count). The van der Waals surface area contributed by atoms with Gasteiger partial charge in [0.15, 0.2) is 17.0 Å². The van der Waals surface area contributed by atoms with E-state index in [1.807, 2.05) is 31.3 Å². The summed E-state index contributed by atoms with van der Waals surface area (Å²) in [5.41, 5.74) is 7.79. The normalized spacial score (nSPS) is 23.8. The molecule has 0 bridgehead atoms. The van der Waals surface area contributed by atoms with Crippen LogP contribution in [0.1, 0.15) is 104 Å². The van der Waals surface area contributed by atoms with Crippen molar-refractivity contribution in [2.45, 2.75) is 115 Å². The molecule has 63 heavy (non-hydrogen) atoms. The standard InChI is InChI=1S/C47H51N11O5/c1-3-18-57-45(61)35-22-49-46(53-43(35)58(57)38-13-8-28-15-17-47(62,4-2)42(28)51-38)50-31-20-29-16-19-55(26-37(29)48-21-31)23-27-5-9-32(10-6-27)56-24-30-7-11-33-40(54-63-41(33)36(30)25-56)34-12-14-39(59)52-44(34)60/h3,7-8,11,13,20-22,27,32,34,62H,1,4-6,9-10,12,14-19,23-26H2,2H3,(H,49,50,53)(H,52,59,60)/t27-,32+,34?,47-/m1/s1. The Morgan fingerprint density at radius 3 is 2.63 bits per heavy atom. The van der Waals surface area contributed by atoms with E-state index in [0.29, 0.717) is 71.8 Å². The Balaban J connectivity index is 0.725. The highest BCUT2D eigenvalue weighted by molar-refractivity contribution is 6.02. The zero-order chi connectivity index (χ0) is 43.0. The largest absolute Gasteiger partial charge is 0.384 e. The van der Waals surface area contributed by atoms with Crippen LogP contribution >= 0.6 is 0 Å².